The Morgan fingerprint density at radius 2 is 0.656 bits per heavy atom. The first-order chi connectivity index (χ1) is 62.1. The van der Waals surface area contributed by atoms with Crippen LogP contribution in [0.15, 0.2) is 309 Å². The van der Waals surface area contributed by atoms with Crippen molar-refractivity contribution in [3.05, 3.63) is 337 Å². The van der Waals surface area contributed by atoms with Gasteiger partial charge in [0.25, 0.3) is 0 Å². The van der Waals surface area contributed by atoms with Gasteiger partial charge in [-0.15, -0.1) is 0 Å². The van der Waals surface area contributed by atoms with E-state index < -0.39 is 5.41 Å². The molecule has 0 bridgehead atoms. The van der Waals surface area contributed by atoms with Crippen molar-refractivity contribution in [2.75, 3.05) is 4.90 Å². The highest BCUT2D eigenvalue weighted by molar-refractivity contribution is 6.36. The normalized spacial score (nSPS) is 13.3. The number of para-hydroxylation sites is 3. The third kappa shape index (κ3) is 9.55. The number of hydrogen-bond donors (Lipinski definition) is 0. The van der Waals surface area contributed by atoms with E-state index in [2.05, 4.69) is 413 Å². The van der Waals surface area contributed by atoms with E-state index in [0.29, 0.717) is 0 Å². The predicted octanol–water partition coefficient (Wildman–Crippen LogP) is 31.1. The number of rotatable bonds is 8. The van der Waals surface area contributed by atoms with Crippen LogP contribution in [0.3, 0.4) is 0 Å². The number of hydrogen-bond acceptors (Lipinski definition) is 5. The van der Waals surface area contributed by atoms with Gasteiger partial charge in [0.05, 0.1) is 60.9 Å². The molecule has 28 aromatic rings. The second kappa shape index (κ2) is 24.7. The Bertz CT molecular complexity index is 9760. The minimum Gasteiger partial charge on any atom is -0.309 e. The summed E-state index contributed by atoms with van der Waals surface area (Å²) in [6, 6.07) is 117. The minimum atomic E-state index is -0.422. The van der Waals surface area contributed by atoms with Crippen molar-refractivity contribution in [1.29, 1.82) is 0 Å². The van der Waals surface area contributed by atoms with E-state index in [1.54, 1.807) is 0 Å². The highest BCUT2D eigenvalue weighted by Crippen LogP contribution is 2.55. The van der Waals surface area contributed by atoms with E-state index in [0.717, 1.165) is 145 Å². The largest absolute Gasteiger partial charge is 0.309 e. The van der Waals surface area contributed by atoms with Crippen LogP contribution in [-0.4, -0.2) is 42.1 Å². The number of anilines is 3. The summed E-state index contributed by atoms with van der Waals surface area (Å²) < 4.78 is 12.4. The first-order valence-corrected chi connectivity index (χ1v) is 45.1. The molecule has 0 aliphatic heterocycles. The van der Waals surface area contributed by atoms with E-state index >= 15 is 0 Å². The third-order valence-corrected chi connectivity index (χ3v) is 29.2. The Morgan fingerprint density at radius 1 is 0.258 bits per heavy atom. The van der Waals surface area contributed by atoms with Crippen molar-refractivity contribution < 1.29 is 0 Å². The number of aromatic nitrogens is 9. The van der Waals surface area contributed by atoms with Crippen LogP contribution >= 0.6 is 0 Å². The van der Waals surface area contributed by atoms with Crippen LogP contribution in [0.2, 0.25) is 0 Å². The SMILES string of the molecule is CC(C)(C)c1cc(-c2ccc3c(c2)c2ccccc2n3-c2ccccc2)c2c(c1)c1cc(C(C)(C)Cc3ccc(N(c4ccccc4)c4cc(C(C)(C)C)cc5c6cc(C(C)(C)C)cc7c8nc9c(nc8n(c45)c67)c4c5ccccc5cc5c6ccc7ccccc7c6n9c54)cc3)cc3c4nc5c(nc4n2c13)c1c2ccccc2cc2c3ccc4ccccc4c3n5c21. The molecule has 11 aromatic heterocycles. The van der Waals surface area contributed by atoms with Crippen molar-refractivity contribution in [2.24, 2.45) is 0 Å². The third-order valence-electron chi connectivity index (χ3n) is 29.2. The molecule has 128 heavy (non-hydrogen) atoms. The first kappa shape index (κ1) is 72.1. The first-order valence-electron chi connectivity index (χ1n) is 45.1. The van der Waals surface area contributed by atoms with Crippen molar-refractivity contribution in [1.82, 2.24) is 42.1 Å². The molecule has 0 unspecified atom stereocenters. The zero-order valence-corrected chi connectivity index (χ0v) is 73.1. The summed E-state index contributed by atoms with van der Waals surface area (Å²) in [7, 11) is 0. The topological polar surface area (TPSA) is 77.4 Å². The Kier molecular flexibility index (Phi) is 13.9. The molecule has 11 heterocycles. The van der Waals surface area contributed by atoms with Crippen LogP contribution < -0.4 is 4.90 Å². The van der Waals surface area contributed by atoms with Gasteiger partial charge in [-0.3, -0.25) is 17.6 Å². The van der Waals surface area contributed by atoms with Gasteiger partial charge in [0, 0.05) is 109 Å². The number of fused-ring (bicyclic) bond motifs is 35. The van der Waals surface area contributed by atoms with E-state index in [4.69, 9.17) is 19.9 Å². The summed E-state index contributed by atoms with van der Waals surface area (Å²) >= 11 is 0. The van der Waals surface area contributed by atoms with Gasteiger partial charge in [-0.05, 0) is 209 Å². The molecule has 10 nitrogen and oxygen atoms in total. The van der Waals surface area contributed by atoms with Crippen molar-refractivity contribution in [3.63, 3.8) is 0 Å². The van der Waals surface area contributed by atoms with Gasteiger partial charge in [0.1, 0.15) is 22.1 Å². The monoisotopic (exact) mass is 1640 g/mol. The fraction of sp³-hybridized carbons (Fsp3) is 0.136. The molecule has 608 valence electrons. The molecule has 0 aliphatic carbocycles. The van der Waals surface area contributed by atoms with Gasteiger partial charge in [0.15, 0.2) is 22.6 Å². The Morgan fingerprint density at radius 3 is 1.22 bits per heavy atom. The summed E-state index contributed by atoms with van der Waals surface area (Å²) in [5.41, 5.74) is 30.4. The van der Waals surface area contributed by atoms with Crippen LogP contribution in [0.5, 0.6) is 0 Å². The van der Waals surface area contributed by atoms with Crippen LogP contribution in [0.1, 0.15) is 104 Å². The second-order valence-corrected chi connectivity index (χ2v) is 40.3. The number of benzene rings is 17. The maximum Gasteiger partial charge on any atom is 0.165 e. The zero-order valence-electron chi connectivity index (χ0n) is 73.1. The molecule has 0 amide bonds. The molecule has 28 rings (SSSR count). The highest BCUT2D eigenvalue weighted by Gasteiger charge is 2.36. The second-order valence-electron chi connectivity index (χ2n) is 40.3. The van der Waals surface area contributed by atoms with Crippen LogP contribution in [0.4, 0.5) is 17.1 Å². The quantitative estimate of drug-likeness (QED) is 0.151. The summed E-state index contributed by atoms with van der Waals surface area (Å²) in [5, 5.41) is 26.0. The van der Waals surface area contributed by atoms with Gasteiger partial charge >= 0.3 is 0 Å². The molecule has 10 heteroatoms. The Balaban J connectivity index is 0.663. The van der Waals surface area contributed by atoms with Crippen molar-refractivity contribution in [3.8, 4) is 16.8 Å². The Hall–Kier alpha value is -15.3. The molecular formula is C118H86N10. The van der Waals surface area contributed by atoms with Gasteiger partial charge in [-0.25, -0.2) is 19.9 Å². The van der Waals surface area contributed by atoms with Crippen molar-refractivity contribution >= 4 is 235 Å². The lowest BCUT2D eigenvalue weighted by Gasteiger charge is -2.30. The average molecular weight is 1640 g/mol. The summed E-state index contributed by atoms with van der Waals surface area (Å²) in [6.07, 6.45) is 0.749. The van der Waals surface area contributed by atoms with Gasteiger partial charge < -0.3 is 9.47 Å². The van der Waals surface area contributed by atoms with Gasteiger partial charge in [-0.2, -0.15) is 0 Å². The molecule has 0 radical (unpaired) electrons. The van der Waals surface area contributed by atoms with E-state index in [9.17, 15) is 0 Å². The lowest BCUT2D eigenvalue weighted by molar-refractivity contribution is 0.523. The summed E-state index contributed by atoms with van der Waals surface area (Å²) in [6.45, 7) is 26.1. The summed E-state index contributed by atoms with van der Waals surface area (Å²) in [4.78, 5) is 27.1. The molecule has 0 N–H and O–H groups in total. The van der Waals surface area contributed by atoms with Crippen LogP contribution in [-0.2, 0) is 28.1 Å². The molecular weight excluding hydrogens is 1560 g/mol. The summed E-state index contributed by atoms with van der Waals surface area (Å²) in [5.74, 6) is 0. The minimum absolute atomic E-state index is 0.192. The lowest BCUT2D eigenvalue weighted by Crippen LogP contribution is -2.20. The van der Waals surface area contributed by atoms with Crippen LogP contribution in [0.25, 0.3) is 235 Å². The van der Waals surface area contributed by atoms with Crippen LogP contribution in [0, 0.1) is 0 Å². The zero-order chi connectivity index (χ0) is 85.5. The molecule has 0 atom stereocenters. The molecule has 0 saturated carbocycles. The molecule has 0 saturated heterocycles. The number of nitrogens with zero attached hydrogens (tertiary/aromatic N) is 10. The highest BCUT2D eigenvalue weighted by atomic mass is 15.2. The van der Waals surface area contributed by atoms with E-state index in [1.165, 1.54) is 141 Å². The van der Waals surface area contributed by atoms with Gasteiger partial charge in [0.2, 0.25) is 0 Å². The molecule has 17 aromatic carbocycles. The van der Waals surface area contributed by atoms with Gasteiger partial charge in [-0.1, -0.05) is 270 Å². The smallest absolute Gasteiger partial charge is 0.165 e. The molecule has 0 aliphatic rings. The average Bonchev–Trinajstić information content (AvgIpc) is 1.51. The molecule has 0 spiro atoms. The van der Waals surface area contributed by atoms with E-state index in [-0.39, 0.29) is 16.2 Å². The predicted molar refractivity (Wildman–Crippen MR) is 540 cm³/mol. The molecule has 0 fully saturated rings. The maximum atomic E-state index is 6.20. The van der Waals surface area contributed by atoms with Crippen molar-refractivity contribution in [2.45, 2.75) is 104 Å². The maximum absolute atomic E-state index is 6.20. The van der Waals surface area contributed by atoms with E-state index in [1.807, 2.05) is 0 Å². The fourth-order valence-electron chi connectivity index (χ4n) is 23.0. The fourth-order valence-corrected chi connectivity index (χ4v) is 23.0. The Labute approximate surface area is 735 Å². The standard InChI is InChI=1S/C118H86N10/c1-115(2,3)70-55-84(69-46-51-95-85(52-69)81-40-26-27-41-94(81)124(95)75-34-16-13-17-35-75)105-88(56-70)90-60-73(61-93-100-111(125(105)106(90)93)121-101-97-77-36-22-20-30-67(77)53-86-82-49-44-65-28-18-24-38-79(65)103(82)127(109(86)97)113(101)120-100)118(10,11)63-64-42-47-76(48-43-64)123(74-32-14-12-15-33-74)96-62-72(117(7,8)9)58-91-89-57-71(116(4,5)6)59-92-99-112(126(107(89)92)108(91)96)122-102-98-78-37-23-21-31-68(78)54-87-83-50-45-66-29-19-25-39-80(66)104(83)128(110(87)98)114(102)119-99/h12-62H,63H2,1-11H3. The lowest BCUT2D eigenvalue weighted by atomic mass is 9.78.